The van der Waals surface area contributed by atoms with Crippen LogP contribution >= 0.6 is 11.6 Å². The number of methoxy groups -OCH3 is 1. The second-order valence-electron chi connectivity index (χ2n) is 6.51. The number of halogens is 4. The molecule has 2 aromatic rings. The molecule has 27 heavy (non-hydrogen) atoms. The SMILES string of the molecule is COc1ccc(Cl)cc1C(c1ccccc1C(F)(F)F)N1CCCNCC1. The van der Waals surface area contributed by atoms with E-state index in [-0.39, 0.29) is 5.56 Å². The first-order valence-corrected chi connectivity index (χ1v) is 9.24. The summed E-state index contributed by atoms with van der Waals surface area (Å²) in [5.41, 5.74) is 0.227. The minimum atomic E-state index is -4.44. The van der Waals surface area contributed by atoms with Gasteiger partial charge in [0.2, 0.25) is 0 Å². The summed E-state index contributed by atoms with van der Waals surface area (Å²) in [7, 11) is 1.52. The molecule has 1 saturated heterocycles. The highest BCUT2D eigenvalue weighted by Crippen LogP contribution is 2.42. The van der Waals surface area contributed by atoms with Crippen LogP contribution in [0.1, 0.15) is 29.2 Å². The number of nitrogens with zero attached hydrogens (tertiary/aromatic N) is 1. The van der Waals surface area contributed by atoms with E-state index in [0.29, 0.717) is 36.0 Å². The Morgan fingerprint density at radius 1 is 1.07 bits per heavy atom. The van der Waals surface area contributed by atoms with Crippen molar-refractivity contribution in [3.63, 3.8) is 0 Å². The summed E-state index contributed by atoms with van der Waals surface area (Å²) in [6, 6.07) is 10.2. The van der Waals surface area contributed by atoms with Crippen molar-refractivity contribution in [3.8, 4) is 5.75 Å². The van der Waals surface area contributed by atoms with Gasteiger partial charge in [0.1, 0.15) is 5.75 Å². The van der Waals surface area contributed by atoms with Crippen molar-refractivity contribution < 1.29 is 17.9 Å². The lowest BCUT2D eigenvalue weighted by atomic mass is 9.91. The van der Waals surface area contributed by atoms with E-state index in [0.717, 1.165) is 19.0 Å². The van der Waals surface area contributed by atoms with E-state index in [1.807, 2.05) is 0 Å². The number of ether oxygens (including phenoxy) is 1. The van der Waals surface area contributed by atoms with E-state index in [4.69, 9.17) is 16.3 Å². The van der Waals surface area contributed by atoms with Gasteiger partial charge in [0.25, 0.3) is 0 Å². The monoisotopic (exact) mass is 398 g/mol. The molecule has 1 heterocycles. The van der Waals surface area contributed by atoms with Gasteiger partial charge in [-0.2, -0.15) is 13.2 Å². The molecule has 2 aromatic carbocycles. The number of hydrogen-bond acceptors (Lipinski definition) is 3. The number of rotatable bonds is 4. The third-order valence-corrected chi connectivity index (χ3v) is 5.02. The smallest absolute Gasteiger partial charge is 0.416 e. The van der Waals surface area contributed by atoms with Crippen LogP contribution < -0.4 is 10.1 Å². The van der Waals surface area contributed by atoms with Gasteiger partial charge < -0.3 is 10.1 Å². The first-order chi connectivity index (χ1) is 12.9. The molecule has 1 aliphatic heterocycles. The van der Waals surface area contributed by atoms with Crippen LogP contribution in [-0.4, -0.2) is 38.2 Å². The van der Waals surface area contributed by atoms with E-state index in [2.05, 4.69) is 10.2 Å². The highest BCUT2D eigenvalue weighted by atomic mass is 35.5. The predicted molar refractivity (Wildman–Crippen MR) is 100 cm³/mol. The quantitative estimate of drug-likeness (QED) is 0.804. The Morgan fingerprint density at radius 3 is 2.59 bits per heavy atom. The normalized spacial score (nSPS) is 17.4. The molecule has 0 bridgehead atoms. The van der Waals surface area contributed by atoms with Gasteiger partial charge in [0.15, 0.2) is 0 Å². The third-order valence-electron chi connectivity index (χ3n) is 4.79. The van der Waals surface area contributed by atoms with E-state index in [9.17, 15) is 13.2 Å². The first kappa shape index (κ1) is 20.0. The Morgan fingerprint density at radius 2 is 1.85 bits per heavy atom. The fourth-order valence-electron chi connectivity index (χ4n) is 3.60. The molecule has 1 aliphatic rings. The number of hydrogen-bond donors (Lipinski definition) is 1. The molecule has 1 unspecified atom stereocenters. The van der Waals surface area contributed by atoms with Crippen molar-refractivity contribution in [2.45, 2.75) is 18.6 Å². The molecule has 146 valence electrons. The number of alkyl halides is 3. The molecule has 0 spiro atoms. The van der Waals surface area contributed by atoms with Crippen LogP contribution in [0.15, 0.2) is 42.5 Å². The van der Waals surface area contributed by atoms with Gasteiger partial charge in [-0.25, -0.2) is 0 Å². The fourth-order valence-corrected chi connectivity index (χ4v) is 3.78. The molecular weight excluding hydrogens is 377 g/mol. The predicted octanol–water partition coefficient (Wildman–Crippen LogP) is 4.75. The van der Waals surface area contributed by atoms with Gasteiger partial charge in [0.05, 0.1) is 18.7 Å². The Bertz CT molecular complexity index is 774. The molecule has 1 N–H and O–H groups in total. The van der Waals surface area contributed by atoms with E-state index in [1.165, 1.54) is 13.2 Å². The van der Waals surface area contributed by atoms with Crippen molar-refractivity contribution in [1.29, 1.82) is 0 Å². The van der Waals surface area contributed by atoms with Crippen LogP contribution in [0.4, 0.5) is 13.2 Å². The summed E-state index contributed by atoms with van der Waals surface area (Å²) in [5, 5.41) is 3.76. The molecular formula is C20H22ClF3N2O. The maximum atomic E-state index is 13.7. The molecule has 1 atom stereocenters. The summed E-state index contributed by atoms with van der Waals surface area (Å²) < 4.78 is 46.7. The van der Waals surface area contributed by atoms with Crippen molar-refractivity contribution in [1.82, 2.24) is 10.2 Å². The maximum absolute atomic E-state index is 13.7. The fraction of sp³-hybridized carbons (Fsp3) is 0.400. The number of benzene rings is 2. The lowest BCUT2D eigenvalue weighted by Crippen LogP contribution is -2.34. The van der Waals surface area contributed by atoms with Gasteiger partial charge in [0, 0.05) is 30.2 Å². The Hall–Kier alpha value is -1.76. The van der Waals surface area contributed by atoms with Crippen LogP contribution in [0, 0.1) is 0 Å². The summed E-state index contributed by atoms with van der Waals surface area (Å²) in [6.45, 7) is 2.87. The summed E-state index contributed by atoms with van der Waals surface area (Å²) in [4.78, 5) is 2.07. The van der Waals surface area contributed by atoms with Crippen LogP contribution in [0.3, 0.4) is 0 Å². The molecule has 0 aromatic heterocycles. The van der Waals surface area contributed by atoms with Gasteiger partial charge in [-0.15, -0.1) is 0 Å². The third kappa shape index (κ3) is 4.57. The Labute approximate surface area is 162 Å². The van der Waals surface area contributed by atoms with Crippen molar-refractivity contribution in [2.75, 3.05) is 33.3 Å². The Balaban J connectivity index is 2.19. The largest absolute Gasteiger partial charge is 0.496 e. The minimum absolute atomic E-state index is 0.215. The summed E-state index contributed by atoms with van der Waals surface area (Å²) in [5.74, 6) is 0.526. The summed E-state index contributed by atoms with van der Waals surface area (Å²) in [6.07, 6.45) is -3.59. The zero-order chi connectivity index (χ0) is 19.4. The standard InChI is InChI=1S/C20H22ClF3N2O/c1-27-18-8-7-14(21)13-16(18)19(26-11-4-9-25-10-12-26)15-5-2-3-6-17(15)20(22,23)24/h2-3,5-8,13,19,25H,4,9-12H2,1H3. The average molecular weight is 399 g/mol. The minimum Gasteiger partial charge on any atom is -0.496 e. The van der Waals surface area contributed by atoms with Crippen LogP contribution in [0.25, 0.3) is 0 Å². The number of nitrogens with one attached hydrogen (secondary N) is 1. The second-order valence-corrected chi connectivity index (χ2v) is 6.95. The summed E-state index contributed by atoms with van der Waals surface area (Å²) >= 11 is 6.20. The molecule has 3 rings (SSSR count). The average Bonchev–Trinajstić information content (AvgIpc) is 2.91. The van der Waals surface area contributed by atoms with Gasteiger partial charge in [-0.1, -0.05) is 29.8 Å². The van der Waals surface area contributed by atoms with Gasteiger partial charge in [-0.05, 0) is 42.8 Å². The first-order valence-electron chi connectivity index (χ1n) is 8.86. The van der Waals surface area contributed by atoms with Gasteiger partial charge >= 0.3 is 6.18 Å². The molecule has 1 fully saturated rings. The van der Waals surface area contributed by atoms with E-state index >= 15 is 0 Å². The van der Waals surface area contributed by atoms with Crippen LogP contribution in [0.5, 0.6) is 5.75 Å². The molecule has 0 aliphatic carbocycles. The zero-order valence-electron chi connectivity index (χ0n) is 15.0. The zero-order valence-corrected chi connectivity index (χ0v) is 15.8. The highest BCUT2D eigenvalue weighted by Gasteiger charge is 2.37. The van der Waals surface area contributed by atoms with E-state index < -0.39 is 17.8 Å². The highest BCUT2D eigenvalue weighted by molar-refractivity contribution is 6.30. The Kier molecular flexibility index (Phi) is 6.29. The molecule has 7 heteroatoms. The molecule has 0 radical (unpaired) electrons. The van der Waals surface area contributed by atoms with Crippen molar-refractivity contribution >= 4 is 11.6 Å². The molecule has 0 saturated carbocycles. The lowest BCUT2D eigenvalue weighted by molar-refractivity contribution is -0.138. The van der Waals surface area contributed by atoms with Crippen LogP contribution in [-0.2, 0) is 6.18 Å². The van der Waals surface area contributed by atoms with Crippen LogP contribution in [0.2, 0.25) is 5.02 Å². The maximum Gasteiger partial charge on any atom is 0.416 e. The van der Waals surface area contributed by atoms with Gasteiger partial charge in [-0.3, -0.25) is 4.90 Å². The van der Waals surface area contributed by atoms with E-state index in [1.54, 1.807) is 30.3 Å². The second kappa shape index (κ2) is 8.50. The molecule has 0 amide bonds. The van der Waals surface area contributed by atoms with Crippen molar-refractivity contribution in [3.05, 3.63) is 64.2 Å². The van der Waals surface area contributed by atoms with Crippen molar-refractivity contribution in [2.24, 2.45) is 0 Å². The molecule has 3 nitrogen and oxygen atoms in total. The topological polar surface area (TPSA) is 24.5 Å². The lowest BCUT2D eigenvalue weighted by Gasteiger charge is -2.33.